The Hall–Kier alpha value is -2.34. The van der Waals surface area contributed by atoms with Crippen LogP contribution in [0.3, 0.4) is 0 Å². The minimum absolute atomic E-state index is 0.250. The van der Waals surface area contributed by atoms with Crippen LogP contribution in [-0.4, -0.2) is 12.7 Å². The van der Waals surface area contributed by atoms with Gasteiger partial charge in [-0.3, -0.25) is 0 Å². The van der Waals surface area contributed by atoms with E-state index in [4.69, 9.17) is 11.6 Å². The van der Waals surface area contributed by atoms with Crippen LogP contribution in [0.15, 0.2) is 83.8 Å². The smallest absolute Gasteiger partial charge is 0.247 e. The second kappa shape index (κ2) is 6.76. The Kier molecular flexibility index (Phi) is 4.44. The van der Waals surface area contributed by atoms with Crippen LogP contribution in [0.5, 0.6) is 0 Å². The van der Waals surface area contributed by atoms with Crippen LogP contribution in [0.2, 0.25) is 5.02 Å². The first-order valence-corrected chi connectivity index (χ1v) is 10.0. The Morgan fingerprint density at radius 1 is 0.885 bits per heavy atom. The highest BCUT2D eigenvalue weighted by Gasteiger charge is 2.39. The second-order valence-electron chi connectivity index (χ2n) is 6.10. The van der Waals surface area contributed by atoms with E-state index < -0.39 is 16.2 Å². The number of rotatable bonds is 3. The third-order valence-corrected chi connectivity index (χ3v) is 6.65. The second-order valence-corrected chi connectivity index (χ2v) is 8.37. The van der Waals surface area contributed by atoms with Gasteiger partial charge in [-0.2, -0.15) is 4.31 Å². The molecule has 0 aliphatic carbocycles. The fraction of sp³-hybridized carbons (Fsp3) is 0.100. The molecule has 1 aliphatic heterocycles. The van der Waals surface area contributed by atoms with E-state index in [0.717, 1.165) is 11.1 Å². The van der Waals surface area contributed by atoms with Crippen molar-refractivity contribution in [2.45, 2.75) is 17.6 Å². The van der Waals surface area contributed by atoms with Crippen molar-refractivity contribution in [3.05, 3.63) is 95.0 Å². The van der Waals surface area contributed by atoms with Crippen LogP contribution in [0.1, 0.15) is 17.3 Å². The van der Waals surface area contributed by atoms with Crippen LogP contribution in [0.25, 0.3) is 0 Å². The number of para-hydroxylation sites is 1. The summed E-state index contributed by atoms with van der Waals surface area (Å²) in [5, 5.41) is 3.87. The lowest BCUT2D eigenvalue weighted by molar-refractivity contribution is 0.336. The molecule has 0 spiro atoms. The zero-order chi connectivity index (χ0) is 18.1. The van der Waals surface area contributed by atoms with Crippen molar-refractivity contribution >= 4 is 27.3 Å². The molecule has 0 saturated heterocycles. The Labute approximate surface area is 158 Å². The molecule has 1 atom stereocenters. The Bertz CT molecular complexity index is 1040. The quantitative estimate of drug-likeness (QED) is 0.714. The molecule has 3 aromatic rings. The summed E-state index contributed by atoms with van der Waals surface area (Å²) in [5.41, 5.74) is 2.22. The normalized spacial score (nSPS) is 18.7. The molecule has 1 aliphatic rings. The van der Waals surface area contributed by atoms with Crippen molar-refractivity contribution < 1.29 is 8.42 Å². The van der Waals surface area contributed by atoms with Crippen LogP contribution < -0.4 is 5.32 Å². The average molecular weight is 385 g/mol. The highest BCUT2D eigenvalue weighted by Crippen LogP contribution is 2.40. The molecule has 4 nitrogen and oxygen atoms in total. The van der Waals surface area contributed by atoms with Gasteiger partial charge in [-0.15, -0.1) is 0 Å². The first-order valence-electron chi connectivity index (χ1n) is 8.23. The molecule has 4 rings (SSSR count). The van der Waals surface area contributed by atoms with Crippen LogP contribution in [0, 0.1) is 0 Å². The number of hydrogen-bond donors (Lipinski definition) is 1. The number of fused-ring (bicyclic) bond motifs is 1. The molecule has 3 aromatic carbocycles. The van der Waals surface area contributed by atoms with Crippen molar-refractivity contribution in [2.24, 2.45) is 0 Å². The number of benzene rings is 3. The summed E-state index contributed by atoms with van der Waals surface area (Å²) < 4.78 is 28.2. The van der Waals surface area contributed by atoms with Gasteiger partial charge in [0.25, 0.3) is 0 Å². The summed E-state index contributed by atoms with van der Waals surface area (Å²) in [4.78, 5) is 0.277. The molecule has 0 radical (unpaired) electrons. The molecular weight excluding hydrogens is 368 g/mol. The van der Waals surface area contributed by atoms with Gasteiger partial charge in [0, 0.05) is 17.1 Å². The summed E-state index contributed by atoms with van der Waals surface area (Å²) in [6.07, 6.45) is -0.580. The van der Waals surface area contributed by atoms with Gasteiger partial charge in [0.05, 0.1) is 5.69 Å². The van der Waals surface area contributed by atoms with Crippen molar-refractivity contribution in [3.63, 3.8) is 0 Å². The largest absolute Gasteiger partial charge is 0.364 e. The molecule has 26 heavy (non-hydrogen) atoms. The van der Waals surface area contributed by atoms with Gasteiger partial charge >= 0.3 is 0 Å². The molecule has 6 heteroatoms. The lowest BCUT2D eigenvalue weighted by Crippen LogP contribution is -2.42. The summed E-state index contributed by atoms with van der Waals surface area (Å²) in [6, 6.07) is 23.8. The number of nitrogens with one attached hydrogen (secondary N) is 1. The number of anilines is 1. The van der Waals surface area contributed by atoms with Crippen molar-refractivity contribution in [1.82, 2.24) is 4.31 Å². The van der Waals surface area contributed by atoms with Crippen LogP contribution in [-0.2, 0) is 16.6 Å². The summed E-state index contributed by atoms with van der Waals surface area (Å²) in [6.45, 7) is 0.250. The molecule has 0 amide bonds. The van der Waals surface area contributed by atoms with Crippen molar-refractivity contribution in [3.8, 4) is 0 Å². The molecule has 1 unspecified atom stereocenters. The Balaban J connectivity index is 1.86. The molecule has 0 aromatic heterocycles. The minimum Gasteiger partial charge on any atom is -0.364 e. The first-order chi connectivity index (χ1) is 12.6. The maximum atomic E-state index is 13.3. The minimum atomic E-state index is -3.68. The van der Waals surface area contributed by atoms with E-state index in [1.54, 1.807) is 24.3 Å². The molecular formula is C20H17ClN2O2S. The van der Waals surface area contributed by atoms with Gasteiger partial charge in [0.15, 0.2) is 0 Å². The number of halogens is 1. The monoisotopic (exact) mass is 384 g/mol. The zero-order valence-corrected chi connectivity index (χ0v) is 15.4. The van der Waals surface area contributed by atoms with Gasteiger partial charge in [0.2, 0.25) is 10.0 Å². The van der Waals surface area contributed by atoms with E-state index in [1.165, 1.54) is 4.31 Å². The molecule has 0 saturated carbocycles. The number of hydrogen-bond acceptors (Lipinski definition) is 3. The van der Waals surface area contributed by atoms with E-state index in [2.05, 4.69) is 5.32 Å². The van der Waals surface area contributed by atoms with Crippen molar-refractivity contribution in [2.75, 3.05) is 5.32 Å². The third-order valence-electron chi connectivity index (χ3n) is 4.43. The van der Waals surface area contributed by atoms with E-state index >= 15 is 0 Å². The fourth-order valence-corrected chi connectivity index (χ4v) is 5.07. The Morgan fingerprint density at radius 2 is 1.54 bits per heavy atom. The van der Waals surface area contributed by atoms with Gasteiger partial charge in [-0.05, 0) is 23.8 Å². The standard InChI is InChI=1S/C20H17ClN2O2S/c21-17-11-5-4-10-16(17)20-22-18-12-6-7-13-19(18)26(24,25)23(20)14-15-8-2-1-3-9-15/h1-13,20,22H,14H2. The highest BCUT2D eigenvalue weighted by atomic mass is 35.5. The summed E-state index contributed by atoms with van der Waals surface area (Å²) in [5.74, 6) is 0. The van der Waals surface area contributed by atoms with E-state index in [9.17, 15) is 8.42 Å². The lowest BCUT2D eigenvalue weighted by Gasteiger charge is -2.37. The SMILES string of the molecule is O=S1(=O)c2ccccc2NC(c2ccccc2Cl)N1Cc1ccccc1. The average Bonchev–Trinajstić information content (AvgIpc) is 2.65. The van der Waals surface area contributed by atoms with Gasteiger partial charge in [0.1, 0.15) is 11.1 Å². The summed E-state index contributed by atoms with van der Waals surface area (Å²) >= 11 is 6.38. The molecule has 1 heterocycles. The zero-order valence-electron chi connectivity index (χ0n) is 13.8. The Morgan fingerprint density at radius 3 is 2.31 bits per heavy atom. The van der Waals surface area contributed by atoms with Gasteiger partial charge in [-0.25, -0.2) is 8.42 Å². The van der Waals surface area contributed by atoms with E-state index in [1.807, 2.05) is 54.6 Å². The van der Waals surface area contributed by atoms with E-state index in [0.29, 0.717) is 10.7 Å². The molecule has 0 bridgehead atoms. The molecule has 0 fully saturated rings. The van der Waals surface area contributed by atoms with Crippen LogP contribution in [0.4, 0.5) is 5.69 Å². The van der Waals surface area contributed by atoms with Gasteiger partial charge in [-0.1, -0.05) is 72.3 Å². The fourth-order valence-electron chi connectivity index (χ4n) is 3.16. The third kappa shape index (κ3) is 2.98. The molecule has 132 valence electrons. The van der Waals surface area contributed by atoms with Gasteiger partial charge < -0.3 is 5.32 Å². The first kappa shape index (κ1) is 17.1. The predicted octanol–water partition coefficient (Wildman–Crippen LogP) is 4.66. The van der Waals surface area contributed by atoms with Crippen molar-refractivity contribution in [1.29, 1.82) is 0 Å². The maximum Gasteiger partial charge on any atom is 0.247 e. The van der Waals surface area contributed by atoms with E-state index in [-0.39, 0.29) is 11.4 Å². The maximum absolute atomic E-state index is 13.3. The highest BCUT2D eigenvalue weighted by molar-refractivity contribution is 7.89. The van der Waals surface area contributed by atoms with Crippen LogP contribution >= 0.6 is 11.6 Å². The number of sulfonamides is 1. The predicted molar refractivity (Wildman–Crippen MR) is 103 cm³/mol. The topological polar surface area (TPSA) is 49.4 Å². The lowest BCUT2D eigenvalue weighted by atomic mass is 10.1. The number of nitrogens with zero attached hydrogens (tertiary/aromatic N) is 1. The molecule has 1 N–H and O–H groups in total. The summed E-state index contributed by atoms with van der Waals surface area (Å²) in [7, 11) is -3.68.